The van der Waals surface area contributed by atoms with Crippen molar-refractivity contribution in [1.82, 2.24) is 0 Å². The van der Waals surface area contributed by atoms with Gasteiger partial charge in [-0.1, -0.05) is 84.0 Å². The molecule has 2 fully saturated rings. The minimum Gasteiger partial charge on any atom is -0.198 e. The third-order valence-corrected chi connectivity index (χ3v) is 6.51. The van der Waals surface area contributed by atoms with Gasteiger partial charge in [0, 0.05) is 0 Å². The van der Waals surface area contributed by atoms with Gasteiger partial charge in [-0.25, -0.2) is 0 Å². The molecule has 2 saturated carbocycles. The van der Waals surface area contributed by atoms with Gasteiger partial charge in [0.1, 0.15) is 0 Å². The highest BCUT2D eigenvalue weighted by Crippen LogP contribution is 2.42. The third-order valence-electron chi connectivity index (χ3n) is 6.51. The first-order valence-corrected chi connectivity index (χ1v) is 10.2. The number of nitriles is 1. The van der Waals surface area contributed by atoms with Gasteiger partial charge in [-0.05, 0) is 37.5 Å². The Morgan fingerprint density at radius 1 is 0.864 bits per heavy atom. The zero-order valence-electron chi connectivity index (χ0n) is 14.9. The molecule has 1 heteroatoms. The predicted octanol–water partition coefficient (Wildman–Crippen LogP) is 7.02. The van der Waals surface area contributed by atoms with Gasteiger partial charge in [-0.3, -0.25) is 0 Å². The van der Waals surface area contributed by atoms with Crippen LogP contribution in [0.5, 0.6) is 0 Å². The van der Waals surface area contributed by atoms with E-state index in [2.05, 4.69) is 13.0 Å². The fourth-order valence-corrected chi connectivity index (χ4v) is 4.80. The Labute approximate surface area is 138 Å². The second-order valence-corrected chi connectivity index (χ2v) is 8.23. The van der Waals surface area contributed by atoms with E-state index in [0.29, 0.717) is 0 Å². The molecule has 22 heavy (non-hydrogen) atoms. The van der Waals surface area contributed by atoms with Gasteiger partial charge in [0.25, 0.3) is 0 Å². The fraction of sp³-hybridized carbons (Fsp3) is 0.952. The Hall–Kier alpha value is -0.510. The van der Waals surface area contributed by atoms with Crippen LogP contribution in [0.3, 0.4) is 0 Å². The van der Waals surface area contributed by atoms with E-state index in [1.165, 1.54) is 103 Å². The van der Waals surface area contributed by atoms with Gasteiger partial charge in [0.05, 0.1) is 11.5 Å². The first kappa shape index (κ1) is 17.8. The minimum absolute atomic E-state index is 0.0647. The van der Waals surface area contributed by atoms with Crippen LogP contribution in [0.2, 0.25) is 0 Å². The van der Waals surface area contributed by atoms with Crippen molar-refractivity contribution in [3.63, 3.8) is 0 Å². The molecule has 2 rings (SSSR count). The number of rotatable bonds is 8. The molecule has 0 amide bonds. The van der Waals surface area contributed by atoms with Gasteiger partial charge in [0.2, 0.25) is 0 Å². The summed E-state index contributed by atoms with van der Waals surface area (Å²) in [6, 6.07) is 2.71. The molecule has 2 aliphatic rings. The van der Waals surface area contributed by atoms with Crippen molar-refractivity contribution in [2.24, 2.45) is 17.3 Å². The molecule has 0 aliphatic heterocycles. The minimum atomic E-state index is 0.0647. The quantitative estimate of drug-likeness (QED) is 0.442. The highest BCUT2D eigenvalue weighted by Gasteiger charge is 2.33. The van der Waals surface area contributed by atoms with Crippen LogP contribution in [0.15, 0.2) is 0 Å². The Morgan fingerprint density at radius 2 is 1.50 bits per heavy atom. The number of hydrogen-bond donors (Lipinski definition) is 0. The number of nitrogens with zero attached hydrogens (tertiary/aromatic N) is 1. The standard InChI is InChI=1S/C21H37N/c1-2-3-4-6-9-19-10-12-20(13-11-19)14-17-21(18-22)15-7-5-8-16-21/h19-20H,2-17H2,1H3. The maximum absolute atomic E-state index is 9.60. The zero-order valence-corrected chi connectivity index (χ0v) is 14.9. The lowest BCUT2D eigenvalue weighted by molar-refractivity contribution is 0.194. The van der Waals surface area contributed by atoms with Crippen molar-refractivity contribution in [2.75, 3.05) is 0 Å². The summed E-state index contributed by atoms with van der Waals surface area (Å²) >= 11 is 0. The SMILES string of the molecule is CCCCCCC1CCC(CCC2(C#N)CCCCC2)CC1. The Kier molecular flexibility index (Phi) is 7.77. The van der Waals surface area contributed by atoms with Crippen molar-refractivity contribution in [1.29, 1.82) is 5.26 Å². The van der Waals surface area contributed by atoms with Gasteiger partial charge in [-0.15, -0.1) is 0 Å². The normalized spacial score (nSPS) is 28.2. The van der Waals surface area contributed by atoms with Crippen LogP contribution in [0.4, 0.5) is 0 Å². The molecular weight excluding hydrogens is 266 g/mol. The maximum Gasteiger partial charge on any atom is 0.0689 e. The first-order valence-electron chi connectivity index (χ1n) is 10.2. The molecule has 0 saturated heterocycles. The van der Waals surface area contributed by atoms with E-state index >= 15 is 0 Å². The van der Waals surface area contributed by atoms with Crippen molar-refractivity contribution in [3.8, 4) is 6.07 Å². The number of hydrogen-bond acceptors (Lipinski definition) is 1. The molecule has 0 radical (unpaired) electrons. The van der Waals surface area contributed by atoms with Crippen LogP contribution >= 0.6 is 0 Å². The summed E-state index contributed by atoms with van der Waals surface area (Å²) < 4.78 is 0. The monoisotopic (exact) mass is 303 g/mol. The van der Waals surface area contributed by atoms with E-state index < -0.39 is 0 Å². The average Bonchev–Trinajstić information content (AvgIpc) is 2.59. The highest BCUT2D eigenvalue weighted by atomic mass is 14.4. The van der Waals surface area contributed by atoms with Crippen LogP contribution in [-0.4, -0.2) is 0 Å². The zero-order chi connectivity index (χ0) is 15.7. The summed E-state index contributed by atoms with van der Waals surface area (Å²) in [4.78, 5) is 0. The largest absolute Gasteiger partial charge is 0.198 e. The van der Waals surface area contributed by atoms with Crippen molar-refractivity contribution >= 4 is 0 Å². The summed E-state index contributed by atoms with van der Waals surface area (Å²) in [5.41, 5.74) is 0.0647. The molecule has 0 heterocycles. The lowest BCUT2D eigenvalue weighted by Crippen LogP contribution is -2.24. The Morgan fingerprint density at radius 3 is 2.09 bits per heavy atom. The van der Waals surface area contributed by atoms with Gasteiger partial charge in [0.15, 0.2) is 0 Å². The van der Waals surface area contributed by atoms with Gasteiger partial charge < -0.3 is 0 Å². The second-order valence-electron chi connectivity index (χ2n) is 8.23. The summed E-state index contributed by atoms with van der Waals surface area (Å²) in [6.07, 6.45) is 21.8. The summed E-state index contributed by atoms with van der Waals surface area (Å²) in [5, 5.41) is 9.60. The topological polar surface area (TPSA) is 23.8 Å². The fourth-order valence-electron chi connectivity index (χ4n) is 4.80. The van der Waals surface area contributed by atoms with E-state index in [9.17, 15) is 5.26 Å². The molecule has 1 nitrogen and oxygen atoms in total. The lowest BCUT2D eigenvalue weighted by Gasteiger charge is -2.34. The van der Waals surface area contributed by atoms with Crippen molar-refractivity contribution in [2.45, 2.75) is 110 Å². The molecule has 0 aromatic rings. The summed E-state index contributed by atoms with van der Waals surface area (Å²) in [6.45, 7) is 2.30. The van der Waals surface area contributed by atoms with Crippen molar-refractivity contribution < 1.29 is 0 Å². The predicted molar refractivity (Wildman–Crippen MR) is 94.6 cm³/mol. The second kappa shape index (κ2) is 9.59. The molecule has 0 spiro atoms. The van der Waals surface area contributed by atoms with Gasteiger partial charge in [-0.2, -0.15) is 5.26 Å². The van der Waals surface area contributed by atoms with Gasteiger partial charge >= 0.3 is 0 Å². The van der Waals surface area contributed by atoms with E-state index in [4.69, 9.17) is 0 Å². The molecule has 0 N–H and O–H groups in total. The molecule has 0 unspecified atom stereocenters. The van der Waals surface area contributed by atoms with Crippen LogP contribution in [0, 0.1) is 28.6 Å². The number of unbranched alkanes of at least 4 members (excludes halogenated alkanes) is 3. The van der Waals surface area contributed by atoms with Crippen molar-refractivity contribution in [3.05, 3.63) is 0 Å². The van der Waals surface area contributed by atoms with Crippen LogP contribution in [-0.2, 0) is 0 Å². The van der Waals surface area contributed by atoms with Crippen LogP contribution < -0.4 is 0 Å². The van der Waals surface area contributed by atoms with E-state index in [1.807, 2.05) is 0 Å². The Bertz CT molecular complexity index is 326. The van der Waals surface area contributed by atoms with E-state index in [0.717, 1.165) is 11.8 Å². The third kappa shape index (κ3) is 5.60. The van der Waals surface area contributed by atoms with E-state index in [1.54, 1.807) is 0 Å². The molecule has 2 aliphatic carbocycles. The molecule has 126 valence electrons. The molecule has 0 atom stereocenters. The summed E-state index contributed by atoms with van der Waals surface area (Å²) in [5.74, 6) is 1.95. The van der Waals surface area contributed by atoms with E-state index in [-0.39, 0.29) is 5.41 Å². The first-order chi connectivity index (χ1) is 10.8. The van der Waals surface area contributed by atoms with Crippen LogP contribution in [0.25, 0.3) is 0 Å². The smallest absolute Gasteiger partial charge is 0.0689 e. The highest BCUT2D eigenvalue weighted by molar-refractivity contribution is 5.00. The maximum atomic E-state index is 9.60. The molecule has 0 bridgehead atoms. The summed E-state index contributed by atoms with van der Waals surface area (Å²) in [7, 11) is 0. The molecule has 0 aromatic heterocycles. The average molecular weight is 304 g/mol. The molecular formula is C21H37N. The molecule has 0 aromatic carbocycles. The lowest BCUT2D eigenvalue weighted by atomic mass is 9.69. The van der Waals surface area contributed by atoms with Crippen LogP contribution in [0.1, 0.15) is 110 Å². The Balaban J connectivity index is 1.62.